The van der Waals surface area contributed by atoms with Gasteiger partial charge in [0, 0.05) is 18.7 Å². The van der Waals surface area contributed by atoms with E-state index >= 15 is 0 Å². The van der Waals surface area contributed by atoms with Crippen LogP contribution in [-0.4, -0.2) is 30.2 Å². The Kier molecular flexibility index (Phi) is 4.78. The first-order valence-electron chi connectivity index (χ1n) is 13.1. The van der Waals surface area contributed by atoms with Gasteiger partial charge in [0.05, 0.1) is 23.4 Å². The zero-order valence-electron chi connectivity index (χ0n) is 20.8. The molecule has 2 saturated heterocycles. The number of imide groups is 1. The average Bonchev–Trinajstić information content (AvgIpc) is 3.56. The van der Waals surface area contributed by atoms with Crippen LogP contribution in [0, 0.1) is 55.3 Å². The second kappa shape index (κ2) is 7.88. The van der Waals surface area contributed by atoms with Crippen molar-refractivity contribution in [3.63, 3.8) is 0 Å². The zero-order valence-corrected chi connectivity index (χ0v) is 20.8. The van der Waals surface area contributed by atoms with E-state index in [0.717, 1.165) is 17.7 Å². The number of hydrogen-bond acceptors (Lipinski definition) is 5. The van der Waals surface area contributed by atoms with Crippen molar-refractivity contribution in [1.29, 1.82) is 0 Å². The Bertz CT molecular complexity index is 1380. The number of esters is 1. The minimum atomic E-state index is -0.564. The van der Waals surface area contributed by atoms with E-state index in [9.17, 15) is 19.2 Å². The Morgan fingerprint density at radius 1 is 0.865 bits per heavy atom. The van der Waals surface area contributed by atoms with Gasteiger partial charge in [-0.25, -0.2) is 4.90 Å². The van der Waals surface area contributed by atoms with Crippen molar-refractivity contribution in [1.82, 2.24) is 0 Å². The third-order valence-electron chi connectivity index (χ3n) is 9.16. The summed E-state index contributed by atoms with van der Waals surface area (Å²) in [6.07, 6.45) is 5.56. The summed E-state index contributed by atoms with van der Waals surface area (Å²) in [6.45, 7) is 4.03. The van der Waals surface area contributed by atoms with E-state index in [1.807, 2.05) is 38.1 Å². The van der Waals surface area contributed by atoms with E-state index in [4.69, 9.17) is 4.74 Å². The molecule has 2 bridgehead atoms. The van der Waals surface area contributed by atoms with Gasteiger partial charge in [-0.15, -0.1) is 0 Å². The molecule has 7 atom stereocenters. The highest BCUT2D eigenvalue weighted by Gasteiger charge is 2.67. The van der Waals surface area contributed by atoms with Crippen LogP contribution < -0.4 is 14.5 Å². The van der Waals surface area contributed by atoms with Gasteiger partial charge in [-0.3, -0.25) is 19.2 Å². The van der Waals surface area contributed by atoms with Crippen molar-refractivity contribution < 1.29 is 23.9 Å². The predicted octanol–water partition coefficient (Wildman–Crippen LogP) is 3.82. The molecule has 2 aromatic carbocycles. The molecule has 4 aliphatic carbocycles. The molecule has 4 fully saturated rings. The van der Waals surface area contributed by atoms with Crippen LogP contribution in [0.4, 0.5) is 11.4 Å². The van der Waals surface area contributed by atoms with Crippen molar-refractivity contribution in [2.75, 3.05) is 16.3 Å². The highest BCUT2D eigenvalue weighted by molar-refractivity contribution is 6.23. The van der Waals surface area contributed by atoms with Crippen molar-refractivity contribution in [2.24, 2.45) is 41.4 Å². The lowest BCUT2D eigenvalue weighted by atomic mass is 9.63. The Balaban J connectivity index is 1.07. The van der Waals surface area contributed by atoms with Gasteiger partial charge in [0.25, 0.3) is 0 Å². The van der Waals surface area contributed by atoms with Gasteiger partial charge in [0.2, 0.25) is 17.7 Å². The number of anilines is 2. The summed E-state index contributed by atoms with van der Waals surface area (Å²) in [5.41, 5.74) is 3.03. The summed E-state index contributed by atoms with van der Waals surface area (Å²) in [5, 5.41) is 0. The second-order valence-electron chi connectivity index (χ2n) is 11.2. The fourth-order valence-corrected chi connectivity index (χ4v) is 7.30. The van der Waals surface area contributed by atoms with Crippen LogP contribution in [0.25, 0.3) is 0 Å². The monoisotopic (exact) mass is 496 g/mol. The van der Waals surface area contributed by atoms with Crippen LogP contribution >= 0.6 is 0 Å². The maximum absolute atomic E-state index is 13.4. The van der Waals surface area contributed by atoms with Crippen molar-refractivity contribution in [2.45, 2.75) is 26.7 Å². The van der Waals surface area contributed by atoms with Crippen LogP contribution in [-0.2, 0) is 19.2 Å². The first kappa shape index (κ1) is 22.5. The molecule has 2 heterocycles. The van der Waals surface area contributed by atoms with E-state index in [1.54, 1.807) is 23.1 Å². The third kappa shape index (κ3) is 3.26. The number of para-hydroxylation sites is 1. The SMILES string of the molecule is Cc1ccccc1N1C[C@H](C(=O)Oc2ccc(N3C(=O)[C@@H]4[C@H]5C=C[C@@H]([C@@H]6C[C@@H]56)[C@@H]4C3=O)c(C)c2)CC1=O. The standard InChI is InChI=1S/C30H28N2O5/c1-15-5-3-4-6-23(15)31-14-17(12-25(31)33)30(36)37-18-7-10-24(16(2)11-18)32-28(34)26-19-8-9-20(22-13-21(19)22)27(26)29(32)35/h3-11,17,19-22,26-27H,12-14H2,1-2H3/t17-,19+,20+,21+,22+,26-,27+/m1/s1. The number of hydrogen-bond donors (Lipinski definition) is 0. The van der Waals surface area contributed by atoms with E-state index in [-0.39, 0.29) is 54.4 Å². The van der Waals surface area contributed by atoms with Crippen molar-refractivity contribution in [3.8, 4) is 5.75 Å². The molecule has 0 N–H and O–H groups in total. The van der Waals surface area contributed by atoms with E-state index in [1.165, 1.54) is 4.90 Å². The molecule has 7 heteroatoms. The summed E-state index contributed by atoms with van der Waals surface area (Å²) in [6, 6.07) is 12.6. The van der Waals surface area contributed by atoms with Crippen LogP contribution in [0.5, 0.6) is 5.75 Å². The molecule has 0 aromatic heterocycles. The molecule has 188 valence electrons. The first-order valence-corrected chi connectivity index (χ1v) is 13.1. The number of rotatable bonds is 4. The van der Waals surface area contributed by atoms with Gasteiger partial charge in [0.1, 0.15) is 5.75 Å². The molecule has 2 saturated carbocycles. The lowest BCUT2D eigenvalue weighted by Crippen LogP contribution is -2.40. The Hall–Kier alpha value is -3.74. The fourth-order valence-electron chi connectivity index (χ4n) is 7.30. The fraction of sp³-hybridized carbons (Fsp3) is 0.400. The van der Waals surface area contributed by atoms with Crippen LogP contribution in [0.1, 0.15) is 24.0 Å². The highest BCUT2D eigenvalue weighted by Crippen LogP contribution is 2.65. The van der Waals surface area contributed by atoms with E-state index in [2.05, 4.69) is 12.2 Å². The molecule has 7 nitrogen and oxygen atoms in total. The Morgan fingerprint density at radius 2 is 1.54 bits per heavy atom. The van der Waals surface area contributed by atoms with E-state index < -0.39 is 11.9 Å². The number of carbonyl (C=O) groups is 4. The maximum atomic E-state index is 13.4. The first-order chi connectivity index (χ1) is 17.8. The number of nitrogens with zero attached hydrogens (tertiary/aromatic N) is 2. The summed E-state index contributed by atoms with van der Waals surface area (Å²) < 4.78 is 5.66. The van der Waals surface area contributed by atoms with Crippen molar-refractivity contribution >= 4 is 35.1 Å². The van der Waals surface area contributed by atoms with Crippen molar-refractivity contribution in [3.05, 3.63) is 65.7 Å². The second-order valence-corrected chi connectivity index (χ2v) is 11.2. The minimum Gasteiger partial charge on any atom is -0.426 e. The lowest BCUT2D eigenvalue weighted by Gasteiger charge is -2.37. The largest absolute Gasteiger partial charge is 0.426 e. The number of amides is 3. The number of ether oxygens (including phenoxy) is 1. The quantitative estimate of drug-likeness (QED) is 0.278. The maximum Gasteiger partial charge on any atom is 0.316 e. The molecule has 0 unspecified atom stereocenters. The van der Waals surface area contributed by atoms with E-state index in [0.29, 0.717) is 28.8 Å². The average molecular weight is 497 g/mol. The predicted molar refractivity (Wildman–Crippen MR) is 136 cm³/mol. The molecule has 2 aliphatic heterocycles. The van der Waals surface area contributed by atoms with Crippen LogP contribution in [0.3, 0.4) is 0 Å². The van der Waals surface area contributed by atoms with Gasteiger partial charge < -0.3 is 9.64 Å². The Labute approximate surface area is 215 Å². The summed E-state index contributed by atoms with van der Waals surface area (Å²) in [7, 11) is 0. The number of aryl methyl sites for hydroxylation is 2. The molecule has 6 aliphatic rings. The molecular formula is C30H28N2O5. The summed E-state index contributed by atoms with van der Waals surface area (Å²) in [5.74, 6) is -0.0287. The molecule has 2 aromatic rings. The van der Waals surface area contributed by atoms with Gasteiger partial charge in [0.15, 0.2) is 0 Å². The zero-order chi connectivity index (χ0) is 25.6. The minimum absolute atomic E-state index is 0.0994. The normalized spacial score (nSPS) is 33.1. The molecule has 8 rings (SSSR count). The third-order valence-corrected chi connectivity index (χ3v) is 9.16. The number of allylic oxidation sites excluding steroid dienone is 2. The number of carbonyl (C=O) groups excluding carboxylic acids is 4. The van der Waals surface area contributed by atoms with Gasteiger partial charge in [-0.2, -0.15) is 0 Å². The smallest absolute Gasteiger partial charge is 0.316 e. The van der Waals surface area contributed by atoms with Gasteiger partial charge >= 0.3 is 5.97 Å². The molecule has 0 radical (unpaired) electrons. The highest BCUT2D eigenvalue weighted by atomic mass is 16.5. The molecular weight excluding hydrogens is 468 g/mol. The lowest BCUT2D eigenvalue weighted by molar-refractivity contribution is -0.139. The number of benzene rings is 2. The van der Waals surface area contributed by atoms with Crippen LogP contribution in [0.15, 0.2) is 54.6 Å². The molecule has 0 spiro atoms. The Morgan fingerprint density at radius 3 is 2.19 bits per heavy atom. The molecule has 3 amide bonds. The van der Waals surface area contributed by atoms with Gasteiger partial charge in [-0.1, -0.05) is 30.4 Å². The van der Waals surface area contributed by atoms with Gasteiger partial charge in [-0.05, 0) is 79.3 Å². The molecule has 37 heavy (non-hydrogen) atoms. The van der Waals surface area contributed by atoms with Crippen LogP contribution in [0.2, 0.25) is 0 Å². The summed E-state index contributed by atoms with van der Waals surface area (Å²) >= 11 is 0. The topological polar surface area (TPSA) is 84.0 Å². The summed E-state index contributed by atoms with van der Waals surface area (Å²) in [4.78, 5) is 55.5.